The number of rotatable bonds is 1. The summed E-state index contributed by atoms with van der Waals surface area (Å²) in [5, 5.41) is -0.261. The molecule has 0 bridgehead atoms. The number of nitrogen functional groups attached to an aromatic ring is 1. The molecule has 1 rings (SSSR count). The van der Waals surface area contributed by atoms with E-state index in [1.807, 2.05) is 0 Å². The van der Waals surface area contributed by atoms with Crippen LogP contribution < -0.4 is 5.73 Å². The topological polar surface area (TPSA) is 52.3 Å². The van der Waals surface area contributed by atoms with E-state index in [2.05, 4.69) is 4.74 Å². The summed E-state index contributed by atoms with van der Waals surface area (Å²) >= 11 is 5.48. The second-order valence-corrected chi connectivity index (χ2v) is 2.70. The minimum absolute atomic E-state index is 0.0896. The molecule has 70 valence electrons. The average Bonchev–Trinajstić information content (AvgIpc) is 2.13. The predicted octanol–water partition coefficient (Wildman–Crippen LogP) is 1.85. The van der Waals surface area contributed by atoms with Gasteiger partial charge in [0.1, 0.15) is 5.02 Å². The van der Waals surface area contributed by atoms with Crippen LogP contribution in [0.3, 0.4) is 0 Å². The van der Waals surface area contributed by atoms with Crippen LogP contribution in [0.4, 0.5) is 10.1 Å². The van der Waals surface area contributed by atoms with E-state index in [1.165, 1.54) is 12.1 Å². The zero-order chi connectivity index (χ0) is 10.0. The molecule has 0 aliphatic carbocycles. The monoisotopic (exact) mass is 203 g/mol. The Morgan fingerprint density at radius 1 is 1.62 bits per heavy atom. The molecule has 0 radical (unpaired) electrons. The Labute approximate surface area is 79.2 Å². The molecule has 0 saturated heterocycles. The van der Waals surface area contributed by atoms with Gasteiger partial charge in [0.2, 0.25) is 0 Å². The van der Waals surface area contributed by atoms with E-state index >= 15 is 0 Å². The van der Waals surface area contributed by atoms with E-state index < -0.39 is 11.8 Å². The van der Waals surface area contributed by atoms with E-state index in [4.69, 9.17) is 17.3 Å². The molecule has 0 saturated carbocycles. The summed E-state index contributed by atoms with van der Waals surface area (Å²) in [7, 11) is 1.16. The first kappa shape index (κ1) is 9.80. The van der Waals surface area contributed by atoms with Gasteiger partial charge < -0.3 is 10.5 Å². The van der Waals surface area contributed by atoms with Crippen molar-refractivity contribution in [3.05, 3.63) is 28.5 Å². The number of halogens is 2. The quantitative estimate of drug-likeness (QED) is 0.560. The number of benzene rings is 1. The van der Waals surface area contributed by atoms with Gasteiger partial charge in [0.15, 0.2) is 5.82 Å². The van der Waals surface area contributed by atoms with Crippen molar-refractivity contribution >= 4 is 23.3 Å². The normalized spacial score (nSPS) is 9.77. The summed E-state index contributed by atoms with van der Waals surface area (Å²) in [6, 6.07) is 2.57. The number of hydrogen-bond acceptors (Lipinski definition) is 3. The van der Waals surface area contributed by atoms with Crippen molar-refractivity contribution < 1.29 is 13.9 Å². The maximum atomic E-state index is 13.2. The molecule has 5 heteroatoms. The summed E-state index contributed by atoms with van der Waals surface area (Å²) in [6.45, 7) is 0. The molecule has 0 heterocycles. The molecule has 0 aliphatic rings. The molecule has 0 amide bonds. The van der Waals surface area contributed by atoms with Crippen LogP contribution in [0.25, 0.3) is 0 Å². The Hall–Kier alpha value is -1.29. The number of carbonyl (C=O) groups excluding carboxylic acids is 1. The van der Waals surface area contributed by atoms with Crippen molar-refractivity contribution in [2.24, 2.45) is 0 Å². The molecule has 0 fully saturated rings. The third kappa shape index (κ3) is 1.72. The fourth-order valence-corrected chi connectivity index (χ4v) is 0.997. The van der Waals surface area contributed by atoms with Gasteiger partial charge >= 0.3 is 5.97 Å². The Balaban J connectivity index is 3.26. The summed E-state index contributed by atoms with van der Waals surface area (Å²) in [4.78, 5) is 10.9. The third-order valence-electron chi connectivity index (χ3n) is 1.52. The molecule has 2 N–H and O–H groups in total. The van der Waals surface area contributed by atoms with Gasteiger partial charge in [-0.15, -0.1) is 0 Å². The highest BCUT2D eigenvalue weighted by atomic mass is 35.5. The van der Waals surface area contributed by atoms with Crippen LogP contribution in [-0.2, 0) is 4.74 Å². The van der Waals surface area contributed by atoms with Crippen molar-refractivity contribution in [1.29, 1.82) is 0 Å². The van der Waals surface area contributed by atoms with Gasteiger partial charge in [-0.25, -0.2) is 9.18 Å². The minimum Gasteiger partial charge on any atom is -0.465 e. The Morgan fingerprint density at radius 2 is 2.23 bits per heavy atom. The zero-order valence-electron chi connectivity index (χ0n) is 6.80. The maximum Gasteiger partial charge on any atom is 0.340 e. The Morgan fingerprint density at radius 3 is 2.77 bits per heavy atom. The lowest BCUT2D eigenvalue weighted by Crippen LogP contribution is -2.05. The van der Waals surface area contributed by atoms with E-state index in [1.54, 1.807) is 0 Å². The number of carbonyl (C=O) groups is 1. The van der Waals surface area contributed by atoms with Crippen molar-refractivity contribution in [2.45, 2.75) is 0 Å². The van der Waals surface area contributed by atoms with Crippen LogP contribution in [0.1, 0.15) is 10.4 Å². The van der Waals surface area contributed by atoms with E-state index in [-0.39, 0.29) is 16.3 Å². The summed E-state index contributed by atoms with van der Waals surface area (Å²) in [5.74, 6) is -1.63. The molecule has 0 spiro atoms. The van der Waals surface area contributed by atoms with Crippen LogP contribution in [0.2, 0.25) is 5.02 Å². The van der Waals surface area contributed by atoms with Crippen LogP contribution in [0.5, 0.6) is 0 Å². The highest BCUT2D eigenvalue weighted by Crippen LogP contribution is 2.25. The second kappa shape index (κ2) is 3.62. The summed E-state index contributed by atoms with van der Waals surface area (Å²) in [6.07, 6.45) is 0. The van der Waals surface area contributed by atoms with E-state index in [9.17, 15) is 9.18 Å². The lowest BCUT2D eigenvalue weighted by Gasteiger charge is -2.04. The number of nitrogens with two attached hydrogens (primary N) is 1. The standard InChI is InChI=1S/C8H7ClFNO2/c1-13-8(12)4-2-3-5(11)6(9)7(4)10/h2-3H,11H2,1H3. The number of ether oxygens (including phenoxy) is 1. The van der Waals surface area contributed by atoms with Gasteiger partial charge in [0, 0.05) is 0 Å². The number of anilines is 1. The Kier molecular flexibility index (Phi) is 2.72. The van der Waals surface area contributed by atoms with Crippen LogP contribution in [0, 0.1) is 5.82 Å². The zero-order valence-corrected chi connectivity index (χ0v) is 7.56. The van der Waals surface area contributed by atoms with Crippen molar-refractivity contribution in [1.82, 2.24) is 0 Å². The highest BCUT2D eigenvalue weighted by molar-refractivity contribution is 6.33. The van der Waals surface area contributed by atoms with Crippen molar-refractivity contribution in [2.75, 3.05) is 12.8 Å². The lowest BCUT2D eigenvalue weighted by molar-refractivity contribution is 0.0595. The molecule has 0 aliphatic heterocycles. The highest BCUT2D eigenvalue weighted by Gasteiger charge is 2.16. The predicted molar refractivity (Wildman–Crippen MR) is 47.2 cm³/mol. The molecular weight excluding hydrogens is 197 g/mol. The van der Waals surface area contributed by atoms with E-state index in [0.29, 0.717) is 0 Å². The van der Waals surface area contributed by atoms with E-state index in [0.717, 1.165) is 7.11 Å². The van der Waals surface area contributed by atoms with Gasteiger partial charge in [0.05, 0.1) is 18.4 Å². The largest absolute Gasteiger partial charge is 0.465 e. The second-order valence-electron chi connectivity index (χ2n) is 2.32. The minimum atomic E-state index is -0.853. The first-order chi connectivity index (χ1) is 6.07. The molecule has 13 heavy (non-hydrogen) atoms. The first-order valence-corrected chi connectivity index (χ1v) is 3.77. The number of esters is 1. The molecule has 1 aromatic carbocycles. The molecule has 3 nitrogen and oxygen atoms in total. The van der Waals surface area contributed by atoms with Gasteiger partial charge in [-0.05, 0) is 12.1 Å². The van der Waals surface area contributed by atoms with Crippen LogP contribution in [-0.4, -0.2) is 13.1 Å². The lowest BCUT2D eigenvalue weighted by atomic mass is 10.2. The van der Waals surface area contributed by atoms with Crippen LogP contribution in [0.15, 0.2) is 12.1 Å². The molecule has 1 aromatic rings. The fourth-order valence-electron chi connectivity index (χ4n) is 0.832. The van der Waals surface area contributed by atoms with Gasteiger partial charge in [-0.2, -0.15) is 0 Å². The third-order valence-corrected chi connectivity index (χ3v) is 1.90. The molecule has 0 aromatic heterocycles. The van der Waals surface area contributed by atoms with Gasteiger partial charge in [0.25, 0.3) is 0 Å². The SMILES string of the molecule is COC(=O)c1ccc(N)c(Cl)c1F. The molecule has 0 unspecified atom stereocenters. The van der Waals surface area contributed by atoms with Crippen molar-refractivity contribution in [3.63, 3.8) is 0 Å². The maximum absolute atomic E-state index is 13.2. The molecular formula is C8H7ClFNO2. The average molecular weight is 204 g/mol. The molecule has 0 atom stereocenters. The number of methoxy groups -OCH3 is 1. The van der Waals surface area contributed by atoms with Gasteiger partial charge in [-0.3, -0.25) is 0 Å². The van der Waals surface area contributed by atoms with Crippen molar-refractivity contribution in [3.8, 4) is 0 Å². The summed E-state index contributed by atoms with van der Waals surface area (Å²) in [5.41, 5.74) is 5.18. The smallest absolute Gasteiger partial charge is 0.340 e. The first-order valence-electron chi connectivity index (χ1n) is 3.39. The Bertz CT molecular complexity index is 354. The number of hydrogen-bond donors (Lipinski definition) is 1. The fraction of sp³-hybridized carbons (Fsp3) is 0.125. The summed E-state index contributed by atoms with van der Waals surface area (Å²) < 4.78 is 17.5. The van der Waals surface area contributed by atoms with Gasteiger partial charge in [-0.1, -0.05) is 11.6 Å². The van der Waals surface area contributed by atoms with Crippen LogP contribution >= 0.6 is 11.6 Å².